The van der Waals surface area contributed by atoms with Crippen LogP contribution in [0.2, 0.25) is 5.02 Å². The summed E-state index contributed by atoms with van der Waals surface area (Å²) in [7, 11) is 1.49. The van der Waals surface area contributed by atoms with Gasteiger partial charge in [-0.05, 0) is 31.0 Å². The number of aromatic nitrogens is 1. The van der Waals surface area contributed by atoms with Crippen molar-refractivity contribution in [2.75, 3.05) is 20.2 Å². The molecule has 1 saturated heterocycles. The Morgan fingerprint density at radius 1 is 1.31 bits per heavy atom. The fourth-order valence-corrected chi connectivity index (χ4v) is 3.77. The average Bonchev–Trinajstić information content (AvgIpc) is 2.65. The van der Waals surface area contributed by atoms with Gasteiger partial charge in [0.25, 0.3) is 0 Å². The second kappa shape index (κ2) is 7.61. The predicted molar refractivity (Wildman–Crippen MR) is 97.3 cm³/mol. The zero-order valence-corrected chi connectivity index (χ0v) is 15.2. The number of methoxy groups -OCH3 is 1. The average molecular weight is 377 g/mol. The van der Waals surface area contributed by atoms with Gasteiger partial charge in [0.05, 0.1) is 12.7 Å². The topological polar surface area (TPSA) is 82.9 Å². The summed E-state index contributed by atoms with van der Waals surface area (Å²) in [6, 6.07) is 7.78. The summed E-state index contributed by atoms with van der Waals surface area (Å²) in [6.07, 6.45) is 4.14. The molecule has 2 N–H and O–H groups in total. The molecule has 1 atom stereocenters. The number of pyridine rings is 1. The molecule has 0 spiro atoms. The highest BCUT2D eigenvalue weighted by Gasteiger charge is 2.40. The summed E-state index contributed by atoms with van der Waals surface area (Å²) in [4.78, 5) is 17.9. The van der Waals surface area contributed by atoms with Gasteiger partial charge in [-0.2, -0.15) is 0 Å². The molecule has 1 aliphatic heterocycles. The van der Waals surface area contributed by atoms with Crippen LogP contribution in [0.25, 0.3) is 0 Å². The molecule has 1 aliphatic rings. The Balaban J connectivity index is 1.86. The number of aliphatic hydroxyl groups is 1. The predicted octanol–water partition coefficient (Wildman–Crippen LogP) is 2.85. The van der Waals surface area contributed by atoms with Crippen LogP contribution in [0.5, 0.6) is 5.75 Å². The number of ether oxygens (including phenoxy) is 1. The second-order valence-electron chi connectivity index (χ2n) is 6.41. The SMILES string of the molecule is COc1cccc(Cl)c1[C@@H](C(=O)O)N1CCC(O)(c2cccnc2)CC1. The van der Waals surface area contributed by atoms with Crippen LogP contribution in [0.1, 0.15) is 30.0 Å². The molecule has 138 valence electrons. The summed E-state index contributed by atoms with van der Waals surface area (Å²) >= 11 is 6.29. The number of hydrogen-bond donors (Lipinski definition) is 2. The normalized spacial score (nSPS) is 18.3. The van der Waals surface area contributed by atoms with Crippen molar-refractivity contribution in [3.8, 4) is 5.75 Å². The van der Waals surface area contributed by atoms with Crippen molar-refractivity contribution in [1.82, 2.24) is 9.88 Å². The number of aliphatic carboxylic acids is 1. The smallest absolute Gasteiger partial charge is 0.325 e. The van der Waals surface area contributed by atoms with Crippen molar-refractivity contribution in [1.29, 1.82) is 0 Å². The number of carbonyl (C=O) groups is 1. The van der Waals surface area contributed by atoms with E-state index in [4.69, 9.17) is 16.3 Å². The maximum atomic E-state index is 12.0. The first kappa shape index (κ1) is 18.6. The molecule has 0 amide bonds. The molecule has 7 heteroatoms. The molecule has 0 unspecified atom stereocenters. The van der Waals surface area contributed by atoms with E-state index in [1.807, 2.05) is 11.0 Å². The number of piperidine rings is 1. The molecule has 1 fully saturated rings. The maximum absolute atomic E-state index is 12.0. The largest absolute Gasteiger partial charge is 0.496 e. The van der Waals surface area contributed by atoms with Crippen LogP contribution in [0.15, 0.2) is 42.7 Å². The van der Waals surface area contributed by atoms with Gasteiger partial charge >= 0.3 is 5.97 Å². The van der Waals surface area contributed by atoms with Gasteiger partial charge in [0, 0.05) is 41.6 Å². The molecule has 26 heavy (non-hydrogen) atoms. The second-order valence-corrected chi connectivity index (χ2v) is 6.81. The van der Waals surface area contributed by atoms with E-state index >= 15 is 0 Å². The van der Waals surface area contributed by atoms with Crippen molar-refractivity contribution in [2.45, 2.75) is 24.5 Å². The molecule has 2 heterocycles. The van der Waals surface area contributed by atoms with Crippen LogP contribution in [0.3, 0.4) is 0 Å². The minimum absolute atomic E-state index is 0.352. The van der Waals surface area contributed by atoms with Gasteiger partial charge in [-0.1, -0.05) is 23.7 Å². The standard InChI is InChI=1S/C19H21ClN2O4/c1-26-15-6-2-5-14(20)16(15)17(18(23)24)22-10-7-19(25,8-11-22)13-4-3-9-21-12-13/h2-6,9,12,17,25H,7-8,10-11H2,1H3,(H,23,24)/t17-/m0/s1. The molecule has 0 bridgehead atoms. The van der Waals surface area contributed by atoms with Crippen molar-refractivity contribution in [3.63, 3.8) is 0 Å². The minimum atomic E-state index is -1.00. The van der Waals surface area contributed by atoms with E-state index in [-0.39, 0.29) is 0 Å². The Morgan fingerprint density at radius 3 is 2.62 bits per heavy atom. The van der Waals surface area contributed by atoms with Crippen LogP contribution in [-0.4, -0.2) is 46.3 Å². The van der Waals surface area contributed by atoms with Gasteiger partial charge in [-0.3, -0.25) is 14.7 Å². The number of benzene rings is 1. The van der Waals surface area contributed by atoms with E-state index in [0.29, 0.717) is 42.3 Å². The van der Waals surface area contributed by atoms with Crippen molar-refractivity contribution < 1.29 is 19.7 Å². The first-order valence-electron chi connectivity index (χ1n) is 8.38. The maximum Gasteiger partial charge on any atom is 0.325 e. The Morgan fingerprint density at radius 2 is 2.04 bits per heavy atom. The zero-order valence-electron chi connectivity index (χ0n) is 14.4. The third-order valence-corrected chi connectivity index (χ3v) is 5.26. The van der Waals surface area contributed by atoms with Crippen molar-refractivity contribution >= 4 is 17.6 Å². The minimum Gasteiger partial charge on any atom is -0.496 e. The Kier molecular flexibility index (Phi) is 5.46. The molecule has 3 rings (SSSR count). The van der Waals surface area contributed by atoms with Crippen molar-refractivity contribution in [3.05, 3.63) is 58.9 Å². The summed E-state index contributed by atoms with van der Waals surface area (Å²) in [5.74, 6) is -0.554. The highest BCUT2D eigenvalue weighted by Crippen LogP contribution is 2.40. The van der Waals surface area contributed by atoms with Crippen LogP contribution >= 0.6 is 11.6 Å². The molecule has 6 nitrogen and oxygen atoms in total. The lowest BCUT2D eigenvalue weighted by Crippen LogP contribution is -2.46. The lowest BCUT2D eigenvalue weighted by atomic mass is 9.84. The zero-order chi connectivity index (χ0) is 18.7. The quantitative estimate of drug-likeness (QED) is 0.835. The van der Waals surface area contributed by atoms with Gasteiger partial charge in [0.2, 0.25) is 0 Å². The molecule has 1 aromatic carbocycles. The molecule has 0 saturated carbocycles. The molecule has 1 aromatic heterocycles. The monoisotopic (exact) mass is 376 g/mol. The van der Waals surface area contributed by atoms with Gasteiger partial charge in [0.1, 0.15) is 11.8 Å². The lowest BCUT2D eigenvalue weighted by Gasteiger charge is -2.41. The van der Waals surface area contributed by atoms with Gasteiger partial charge in [-0.25, -0.2) is 0 Å². The van der Waals surface area contributed by atoms with E-state index in [2.05, 4.69) is 4.98 Å². The summed E-state index contributed by atoms with van der Waals surface area (Å²) < 4.78 is 5.33. The molecule has 0 radical (unpaired) electrons. The van der Waals surface area contributed by atoms with Gasteiger partial charge in [0.15, 0.2) is 0 Å². The Hall–Kier alpha value is -2.15. The fraction of sp³-hybridized carbons (Fsp3) is 0.368. The molecule has 2 aromatic rings. The van der Waals surface area contributed by atoms with Gasteiger partial charge < -0.3 is 14.9 Å². The van der Waals surface area contributed by atoms with Crippen LogP contribution in [-0.2, 0) is 10.4 Å². The van der Waals surface area contributed by atoms with Crippen LogP contribution < -0.4 is 4.74 Å². The van der Waals surface area contributed by atoms with Crippen LogP contribution in [0, 0.1) is 0 Å². The first-order chi connectivity index (χ1) is 12.5. The number of carboxylic acids is 1. The molecular weight excluding hydrogens is 356 g/mol. The number of halogens is 1. The summed E-state index contributed by atoms with van der Waals surface area (Å²) in [5, 5.41) is 21.1. The van der Waals surface area contributed by atoms with E-state index in [9.17, 15) is 15.0 Å². The number of nitrogens with zero attached hydrogens (tertiary/aromatic N) is 2. The number of likely N-dealkylation sites (tertiary alicyclic amines) is 1. The lowest BCUT2D eigenvalue weighted by molar-refractivity contribution is -0.146. The fourth-order valence-electron chi connectivity index (χ4n) is 3.50. The molecule has 0 aliphatic carbocycles. The van der Waals surface area contributed by atoms with E-state index < -0.39 is 17.6 Å². The first-order valence-corrected chi connectivity index (χ1v) is 8.76. The highest BCUT2D eigenvalue weighted by atomic mass is 35.5. The summed E-state index contributed by atoms with van der Waals surface area (Å²) in [5.41, 5.74) is 0.191. The Bertz CT molecular complexity index is 776. The highest BCUT2D eigenvalue weighted by molar-refractivity contribution is 6.31. The van der Waals surface area contributed by atoms with E-state index in [1.165, 1.54) is 7.11 Å². The number of hydrogen-bond acceptors (Lipinski definition) is 5. The van der Waals surface area contributed by atoms with E-state index in [1.54, 1.807) is 36.7 Å². The van der Waals surface area contributed by atoms with E-state index in [0.717, 1.165) is 5.56 Å². The summed E-state index contributed by atoms with van der Waals surface area (Å²) in [6.45, 7) is 0.827. The third-order valence-electron chi connectivity index (χ3n) is 4.93. The van der Waals surface area contributed by atoms with Crippen LogP contribution in [0.4, 0.5) is 0 Å². The van der Waals surface area contributed by atoms with Gasteiger partial charge in [-0.15, -0.1) is 0 Å². The Labute approximate surface area is 157 Å². The third kappa shape index (κ3) is 3.53. The van der Waals surface area contributed by atoms with Crippen molar-refractivity contribution in [2.24, 2.45) is 0 Å². The number of rotatable bonds is 5. The molecular formula is C19H21ClN2O4. The number of carboxylic acid groups (broad SMARTS) is 1.